The Morgan fingerprint density at radius 2 is 2.18 bits per heavy atom. The molecule has 0 radical (unpaired) electrons. The molecule has 3 aromatic rings. The largest absolute Gasteiger partial charge is 0.296 e. The van der Waals surface area contributed by atoms with Gasteiger partial charge in [0.25, 0.3) is 14.2 Å². The molecule has 5 nitrogen and oxygen atoms in total. The smallest absolute Gasteiger partial charge is 0.248 e. The zero-order valence-corrected chi connectivity index (χ0v) is 11.3. The highest BCUT2D eigenvalue weighted by molar-refractivity contribution is 8.13. The van der Waals surface area contributed by atoms with Gasteiger partial charge in [0.2, 0.25) is 0 Å². The average Bonchev–Trinajstić information content (AvgIpc) is 2.90. The van der Waals surface area contributed by atoms with Gasteiger partial charge in [-0.2, -0.15) is 10.1 Å². The van der Waals surface area contributed by atoms with Crippen molar-refractivity contribution in [1.29, 1.82) is 0 Å². The molecule has 0 saturated carbocycles. The lowest BCUT2D eigenvalue weighted by Gasteiger charge is -1.85. The zero-order chi connectivity index (χ0) is 12.0. The summed E-state index contributed by atoms with van der Waals surface area (Å²) in [6.45, 7) is 0. The van der Waals surface area contributed by atoms with Crippen molar-refractivity contribution >= 4 is 51.8 Å². The number of thiophene rings is 2. The van der Waals surface area contributed by atoms with Crippen LogP contribution in [-0.2, 0) is 9.05 Å². The Bertz CT molecular complexity index is 757. The summed E-state index contributed by atoms with van der Waals surface area (Å²) in [6, 6.07) is 3.93. The van der Waals surface area contributed by atoms with Gasteiger partial charge in [-0.3, -0.25) is 0 Å². The van der Waals surface area contributed by atoms with E-state index in [1.54, 1.807) is 11.3 Å². The Hall–Kier alpha value is -0.960. The highest BCUT2D eigenvalue weighted by atomic mass is 35.7. The van der Waals surface area contributed by atoms with Crippen molar-refractivity contribution in [3.63, 3.8) is 0 Å². The van der Waals surface area contributed by atoms with E-state index >= 15 is 0 Å². The summed E-state index contributed by atoms with van der Waals surface area (Å²) >= 11 is 3.12. The number of hydrogen-bond acceptors (Lipinski definition) is 6. The molecule has 3 heterocycles. The fraction of sp³-hybridized carbons (Fsp3) is 0. The number of H-pyrrole nitrogens is 1. The minimum atomic E-state index is -3.86. The maximum absolute atomic E-state index is 11.0. The first-order valence-electron chi connectivity index (χ1n) is 4.38. The molecular weight excluding hydrogens is 302 g/mol. The van der Waals surface area contributed by atoms with E-state index in [2.05, 4.69) is 15.2 Å². The van der Waals surface area contributed by atoms with Gasteiger partial charge in [0.15, 0.2) is 5.82 Å². The van der Waals surface area contributed by atoms with Crippen LogP contribution in [0.3, 0.4) is 0 Å². The van der Waals surface area contributed by atoms with Crippen LogP contribution in [0.25, 0.3) is 20.1 Å². The number of nitrogens with one attached hydrogen (secondary N) is 1. The molecule has 17 heavy (non-hydrogen) atoms. The number of rotatable bonds is 2. The van der Waals surface area contributed by atoms with Gasteiger partial charge in [0.1, 0.15) is 0 Å². The van der Waals surface area contributed by atoms with Crippen molar-refractivity contribution in [2.75, 3.05) is 0 Å². The first-order valence-corrected chi connectivity index (χ1v) is 8.39. The number of nitrogens with zero attached hydrogens (tertiary/aromatic N) is 2. The van der Waals surface area contributed by atoms with Crippen LogP contribution in [0.5, 0.6) is 0 Å². The van der Waals surface area contributed by atoms with Gasteiger partial charge >= 0.3 is 0 Å². The van der Waals surface area contributed by atoms with Crippen molar-refractivity contribution in [2.45, 2.75) is 5.16 Å². The number of hydrogen-bond donors (Lipinski definition) is 1. The van der Waals surface area contributed by atoms with Gasteiger partial charge in [-0.05, 0) is 17.5 Å². The molecule has 0 fully saturated rings. The van der Waals surface area contributed by atoms with Crippen LogP contribution in [-0.4, -0.2) is 23.6 Å². The van der Waals surface area contributed by atoms with Gasteiger partial charge < -0.3 is 0 Å². The first kappa shape index (κ1) is 11.1. The van der Waals surface area contributed by atoms with Crippen LogP contribution in [0.2, 0.25) is 0 Å². The lowest BCUT2D eigenvalue weighted by atomic mass is 10.4. The molecule has 0 aliphatic rings. The molecule has 9 heteroatoms. The molecule has 0 spiro atoms. The van der Waals surface area contributed by atoms with Crippen LogP contribution >= 0.6 is 33.4 Å². The number of fused-ring (bicyclic) bond motifs is 1. The normalized spacial score (nSPS) is 12.3. The lowest BCUT2D eigenvalue weighted by molar-refractivity contribution is 0.602. The predicted octanol–water partition coefficient (Wildman–Crippen LogP) is 2.68. The van der Waals surface area contributed by atoms with Gasteiger partial charge in [-0.15, -0.1) is 22.7 Å². The van der Waals surface area contributed by atoms with Crippen LogP contribution in [0.15, 0.2) is 22.7 Å². The van der Waals surface area contributed by atoms with Crippen molar-refractivity contribution in [3.05, 3.63) is 17.5 Å². The monoisotopic (exact) mass is 305 g/mol. The van der Waals surface area contributed by atoms with Gasteiger partial charge in [-0.25, -0.2) is 13.5 Å². The van der Waals surface area contributed by atoms with E-state index in [1.807, 2.05) is 17.5 Å². The maximum atomic E-state index is 11.0. The van der Waals surface area contributed by atoms with Crippen LogP contribution in [0.1, 0.15) is 0 Å². The molecule has 0 unspecified atom stereocenters. The molecule has 3 aromatic heterocycles. The molecule has 88 valence electrons. The summed E-state index contributed by atoms with van der Waals surface area (Å²) in [4.78, 5) is 4.67. The van der Waals surface area contributed by atoms with Crippen LogP contribution in [0.4, 0.5) is 0 Å². The third-order valence-electron chi connectivity index (χ3n) is 2.06. The third-order valence-corrected chi connectivity index (χ3v) is 5.23. The fourth-order valence-corrected chi connectivity index (χ4v) is 3.94. The summed E-state index contributed by atoms with van der Waals surface area (Å²) in [7, 11) is 1.30. The molecule has 0 saturated heterocycles. The van der Waals surface area contributed by atoms with Crippen molar-refractivity contribution < 1.29 is 8.42 Å². The molecule has 0 bridgehead atoms. The summed E-state index contributed by atoms with van der Waals surface area (Å²) in [5.41, 5.74) is 0. The van der Waals surface area contributed by atoms with E-state index in [9.17, 15) is 8.42 Å². The second-order valence-corrected chi connectivity index (χ2v) is 7.67. The Labute approximate surface area is 109 Å². The standard InChI is InChI=1S/C8H4ClN3O2S3/c9-17(13,14)8-10-7(11-12-8)6-3-5-4(16-6)1-2-15-5/h1-3H,(H,10,11,12). The minimum Gasteiger partial charge on any atom is -0.248 e. The molecule has 1 N–H and O–H groups in total. The van der Waals surface area contributed by atoms with Gasteiger partial charge in [-0.1, -0.05) is 0 Å². The Kier molecular flexibility index (Phi) is 2.47. The van der Waals surface area contributed by atoms with E-state index in [4.69, 9.17) is 10.7 Å². The van der Waals surface area contributed by atoms with E-state index < -0.39 is 9.05 Å². The average molecular weight is 306 g/mol. The SMILES string of the molecule is O=S(=O)(Cl)c1nc(-c2cc3sccc3s2)n[nH]1. The molecule has 0 aromatic carbocycles. The number of aromatic nitrogens is 3. The summed E-state index contributed by atoms with van der Waals surface area (Å²) in [5, 5.41) is 7.82. The summed E-state index contributed by atoms with van der Waals surface area (Å²) < 4.78 is 24.3. The second kappa shape index (κ2) is 3.77. The molecule has 0 atom stereocenters. The minimum absolute atomic E-state index is 0.328. The van der Waals surface area contributed by atoms with Gasteiger partial charge in [0.05, 0.1) is 4.88 Å². The predicted molar refractivity (Wildman–Crippen MR) is 68.1 cm³/mol. The quantitative estimate of drug-likeness (QED) is 0.739. The third kappa shape index (κ3) is 1.97. The second-order valence-electron chi connectivity index (χ2n) is 3.16. The van der Waals surface area contributed by atoms with Crippen molar-refractivity contribution in [2.24, 2.45) is 0 Å². The highest BCUT2D eigenvalue weighted by Gasteiger charge is 2.18. The lowest BCUT2D eigenvalue weighted by Crippen LogP contribution is -1.92. The highest BCUT2D eigenvalue weighted by Crippen LogP contribution is 2.34. The zero-order valence-electron chi connectivity index (χ0n) is 8.05. The molecule has 0 amide bonds. The fourth-order valence-electron chi connectivity index (χ4n) is 1.34. The Balaban J connectivity index is 2.10. The van der Waals surface area contributed by atoms with Crippen LogP contribution in [0, 0.1) is 0 Å². The first-order chi connectivity index (χ1) is 8.04. The summed E-state index contributed by atoms with van der Waals surface area (Å²) in [5.74, 6) is 0.345. The molecular formula is C8H4ClN3O2S3. The van der Waals surface area contributed by atoms with Crippen molar-refractivity contribution in [3.8, 4) is 10.7 Å². The van der Waals surface area contributed by atoms with E-state index in [0.717, 1.165) is 14.3 Å². The maximum Gasteiger partial charge on any atom is 0.296 e. The molecule has 3 rings (SSSR count). The topological polar surface area (TPSA) is 75.7 Å². The number of halogens is 1. The number of aromatic amines is 1. The van der Waals surface area contributed by atoms with E-state index in [1.165, 1.54) is 11.3 Å². The Morgan fingerprint density at radius 1 is 1.35 bits per heavy atom. The van der Waals surface area contributed by atoms with Crippen molar-refractivity contribution in [1.82, 2.24) is 15.2 Å². The van der Waals surface area contributed by atoms with Gasteiger partial charge in [0, 0.05) is 20.1 Å². The molecule has 0 aliphatic carbocycles. The Morgan fingerprint density at radius 3 is 2.82 bits per heavy atom. The van der Waals surface area contributed by atoms with Crippen LogP contribution < -0.4 is 0 Å². The molecule has 0 aliphatic heterocycles. The summed E-state index contributed by atoms with van der Waals surface area (Å²) in [6.07, 6.45) is 0. The van der Waals surface area contributed by atoms with E-state index in [0.29, 0.717) is 5.82 Å². The van der Waals surface area contributed by atoms with E-state index in [-0.39, 0.29) is 5.16 Å².